The second kappa shape index (κ2) is 9.69. The summed E-state index contributed by atoms with van der Waals surface area (Å²) in [5.41, 5.74) is 4.45. The van der Waals surface area contributed by atoms with E-state index in [4.69, 9.17) is 9.84 Å². The maximum absolute atomic E-state index is 12.2. The van der Waals surface area contributed by atoms with E-state index in [1.54, 1.807) is 0 Å². The maximum Gasteiger partial charge on any atom is 0.307 e. The minimum atomic E-state index is -0.204. The average Bonchev–Trinajstić information content (AvgIpc) is 3.17. The third-order valence-electron chi connectivity index (χ3n) is 6.32. The second-order valence-corrected chi connectivity index (χ2v) is 8.79. The molecule has 1 aliphatic heterocycles. The molecule has 1 aromatic carbocycles. The van der Waals surface area contributed by atoms with Crippen molar-refractivity contribution in [2.45, 2.75) is 45.7 Å². The molecule has 0 radical (unpaired) electrons. The molecule has 0 N–H and O–H groups in total. The third-order valence-corrected chi connectivity index (χ3v) is 6.32. The molecule has 3 aromatic rings. The van der Waals surface area contributed by atoms with E-state index < -0.39 is 0 Å². The Balaban J connectivity index is 1.59. The number of aromatic nitrogens is 3. The van der Waals surface area contributed by atoms with Crippen molar-refractivity contribution in [2.24, 2.45) is 0 Å². The molecular weight excluding hydrogens is 402 g/mol. The van der Waals surface area contributed by atoms with Crippen LogP contribution in [0.4, 0.5) is 5.69 Å². The van der Waals surface area contributed by atoms with Crippen LogP contribution in [0.1, 0.15) is 50.0 Å². The zero-order chi connectivity index (χ0) is 22.7. The summed E-state index contributed by atoms with van der Waals surface area (Å²) in [5, 5.41) is 5.94. The lowest BCUT2D eigenvalue weighted by Gasteiger charge is -2.29. The van der Waals surface area contributed by atoms with Crippen LogP contribution in [0.5, 0.6) is 0 Å². The van der Waals surface area contributed by atoms with E-state index in [1.165, 1.54) is 18.4 Å². The van der Waals surface area contributed by atoms with Gasteiger partial charge in [-0.2, -0.15) is 5.10 Å². The number of methoxy groups -OCH3 is 1. The molecule has 7 heteroatoms. The van der Waals surface area contributed by atoms with Gasteiger partial charge in [-0.15, -0.1) is 0 Å². The molecule has 1 atom stereocenters. The Bertz CT molecular complexity index is 1080. The summed E-state index contributed by atoms with van der Waals surface area (Å²) in [6, 6.07) is 10.7. The molecule has 1 aliphatic rings. The van der Waals surface area contributed by atoms with Crippen LogP contribution < -0.4 is 4.90 Å². The van der Waals surface area contributed by atoms with Gasteiger partial charge in [0.25, 0.3) is 0 Å². The van der Waals surface area contributed by atoms with Gasteiger partial charge in [0.1, 0.15) is 0 Å². The van der Waals surface area contributed by atoms with Gasteiger partial charge in [0.05, 0.1) is 36.5 Å². The maximum atomic E-state index is 12.2. The lowest BCUT2D eigenvalue weighted by atomic mass is 10.1. The number of rotatable bonds is 6. The average molecular weight is 436 g/mol. The summed E-state index contributed by atoms with van der Waals surface area (Å²) in [6.45, 7) is 9.96. The second-order valence-electron chi connectivity index (χ2n) is 8.79. The number of pyridine rings is 1. The van der Waals surface area contributed by atoms with Crippen molar-refractivity contribution in [1.29, 1.82) is 0 Å². The Kier molecular flexibility index (Phi) is 6.74. The summed E-state index contributed by atoms with van der Waals surface area (Å²) in [4.78, 5) is 21.8. The van der Waals surface area contributed by atoms with Gasteiger partial charge in [0, 0.05) is 50.0 Å². The molecular formula is C25H33N5O2. The molecule has 0 spiro atoms. The van der Waals surface area contributed by atoms with E-state index in [1.807, 2.05) is 29.2 Å². The van der Waals surface area contributed by atoms with Gasteiger partial charge in [0.15, 0.2) is 0 Å². The molecule has 0 amide bonds. The van der Waals surface area contributed by atoms with Crippen LogP contribution in [0.25, 0.3) is 10.9 Å². The van der Waals surface area contributed by atoms with Crippen molar-refractivity contribution in [3.05, 3.63) is 54.0 Å². The first-order valence-electron chi connectivity index (χ1n) is 11.4. The summed E-state index contributed by atoms with van der Waals surface area (Å²) in [5.74, 6) is -0.204. The Morgan fingerprint density at radius 2 is 1.97 bits per heavy atom. The van der Waals surface area contributed by atoms with Crippen LogP contribution in [-0.4, -0.2) is 58.9 Å². The quantitative estimate of drug-likeness (QED) is 0.543. The summed E-state index contributed by atoms with van der Waals surface area (Å²) < 4.78 is 6.97. The van der Waals surface area contributed by atoms with E-state index in [-0.39, 0.29) is 18.1 Å². The lowest BCUT2D eigenvalue weighted by Crippen LogP contribution is -2.35. The minimum absolute atomic E-state index is 0.0888. The zero-order valence-electron chi connectivity index (χ0n) is 19.5. The van der Waals surface area contributed by atoms with Crippen LogP contribution in [0, 0.1) is 6.92 Å². The first-order valence-corrected chi connectivity index (χ1v) is 11.4. The Labute approximate surface area is 190 Å². The van der Waals surface area contributed by atoms with E-state index in [9.17, 15) is 4.79 Å². The molecule has 170 valence electrons. The third kappa shape index (κ3) is 4.63. The first-order chi connectivity index (χ1) is 15.5. The van der Waals surface area contributed by atoms with Crippen LogP contribution in [0.15, 0.2) is 42.7 Å². The normalized spacial score (nSPS) is 16.3. The molecule has 7 nitrogen and oxygen atoms in total. The smallest absolute Gasteiger partial charge is 0.307 e. The van der Waals surface area contributed by atoms with Gasteiger partial charge in [-0.25, -0.2) is 0 Å². The number of carbonyl (C=O) groups excluding carboxylic acids is 1. The molecule has 0 saturated carbocycles. The van der Waals surface area contributed by atoms with Crippen LogP contribution >= 0.6 is 0 Å². The summed E-state index contributed by atoms with van der Waals surface area (Å²) in [6.07, 6.45) is 5.18. The van der Waals surface area contributed by atoms with E-state index in [0.717, 1.165) is 49.2 Å². The minimum Gasteiger partial charge on any atom is -0.469 e. The number of fused-ring (bicyclic) bond motifs is 1. The summed E-state index contributed by atoms with van der Waals surface area (Å²) in [7, 11) is 1.45. The van der Waals surface area contributed by atoms with E-state index >= 15 is 0 Å². The van der Waals surface area contributed by atoms with Crippen molar-refractivity contribution < 1.29 is 9.53 Å². The molecule has 4 rings (SSSR count). The molecule has 1 unspecified atom stereocenters. The Morgan fingerprint density at radius 1 is 1.12 bits per heavy atom. The molecule has 0 bridgehead atoms. The monoisotopic (exact) mass is 435 g/mol. The predicted octanol–water partition coefficient (Wildman–Crippen LogP) is 4.14. The van der Waals surface area contributed by atoms with Gasteiger partial charge in [-0.3, -0.25) is 19.4 Å². The molecule has 1 saturated heterocycles. The number of anilines is 1. The SMILES string of the molecule is COC(=O)CC(c1ccn(C(C)C)n1)N1CCCN(c2c(C)ccc3cccnc23)CC1. The van der Waals surface area contributed by atoms with Crippen molar-refractivity contribution in [1.82, 2.24) is 19.7 Å². The highest BCUT2D eigenvalue weighted by Gasteiger charge is 2.29. The fraction of sp³-hybridized carbons (Fsp3) is 0.480. The highest BCUT2D eigenvalue weighted by Crippen LogP contribution is 2.31. The van der Waals surface area contributed by atoms with Crippen LogP contribution in [0.2, 0.25) is 0 Å². The van der Waals surface area contributed by atoms with Gasteiger partial charge >= 0.3 is 5.97 Å². The molecule has 2 aromatic heterocycles. The van der Waals surface area contributed by atoms with Gasteiger partial charge < -0.3 is 9.64 Å². The number of ether oxygens (including phenoxy) is 1. The van der Waals surface area contributed by atoms with Crippen molar-refractivity contribution in [2.75, 3.05) is 38.2 Å². The van der Waals surface area contributed by atoms with Gasteiger partial charge in [0.2, 0.25) is 0 Å². The molecule has 1 fully saturated rings. The number of aryl methyl sites for hydroxylation is 1. The fourth-order valence-corrected chi connectivity index (χ4v) is 4.58. The first kappa shape index (κ1) is 22.3. The summed E-state index contributed by atoms with van der Waals surface area (Å²) >= 11 is 0. The topological polar surface area (TPSA) is 63.5 Å². The Hall–Kier alpha value is -2.93. The predicted molar refractivity (Wildman–Crippen MR) is 127 cm³/mol. The van der Waals surface area contributed by atoms with Crippen molar-refractivity contribution in [3.8, 4) is 0 Å². The van der Waals surface area contributed by atoms with Crippen molar-refractivity contribution >= 4 is 22.6 Å². The highest BCUT2D eigenvalue weighted by atomic mass is 16.5. The molecule has 3 heterocycles. The molecule has 32 heavy (non-hydrogen) atoms. The largest absolute Gasteiger partial charge is 0.469 e. The number of benzene rings is 1. The van der Waals surface area contributed by atoms with E-state index in [0.29, 0.717) is 6.42 Å². The van der Waals surface area contributed by atoms with Crippen LogP contribution in [0.3, 0.4) is 0 Å². The van der Waals surface area contributed by atoms with E-state index in [2.05, 4.69) is 53.8 Å². The Morgan fingerprint density at radius 3 is 2.72 bits per heavy atom. The lowest BCUT2D eigenvalue weighted by molar-refractivity contribution is -0.142. The number of carbonyl (C=O) groups is 1. The van der Waals surface area contributed by atoms with Crippen LogP contribution in [-0.2, 0) is 9.53 Å². The molecule has 0 aliphatic carbocycles. The fourth-order valence-electron chi connectivity index (χ4n) is 4.58. The number of esters is 1. The number of hydrogen-bond acceptors (Lipinski definition) is 6. The number of nitrogens with zero attached hydrogens (tertiary/aromatic N) is 5. The highest BCUT2D eigenvalue weighted by molar-refractivity contribution is 5.92. The van der Waals surface area contributed by atoms with Crippen molar-refractivity contribution in [3.63, 3.8) is 0 Å². The zero-order valence-corrected chi connectivity index (χ0v) is 19.5. The van der Waals surface area contributed by atoms with Gasteiger partial charge in [-0.05, 0) is 44.9 Å². The van der Waals surface area contributed by atoms with Gasteiger partial charge in [-0.1, -0.05) is 18.2 Å². The number of hydrogen-bond donors (Lipinski definition) is 0. The standard InChI is InChI=1S/C25H33N5O2/c1-18(2)30-14-10-21(27-30)22(17-23(31)32-4)28-12-6-13-29(16-15-28)25-19(3)8-9-20-7-5-11-26-24(20)25/h5,7-11,14,18,22H,6,12-13,15-17H2,1-4H3.